The first-order valence-electron chi connectivity index (χ1n) is 8.13. The third-order valence-electron chi connectivity index (χ3n) is 4.27. The summed E-state index contributed by atoms with van der Waals surface area (Å²) >= 11 is 0. The zero-order valence-electron chi connectivity index (χ0n) is 14.0. The van der Waals surface area contributed by atoms with Crippen LogP contribution in [-0.2, 0) is 0 Å². The molecule has 1 heterocycles. The second kappa shape index (κ2) is 7.92. The first-order valence-corrected chi connectivity index (χ1v) is 8.13. The van der Waals surface area contributed by atoms with E-state index in [0.717, 1.165) is 24.1 Å². The van der Waals surface area contributed by atoms with Gasteiger partial charge >= 0.3 is 0 Å². The van der Waals surface area contributed by atoms with Gasteiger partial charge < -0.3 is 10.4 Å². The van der Waals surface area contributed by atoms with Crippen LogP contribution in [0.25, 0.3) is 0 Å². The summed E-state index contributed by atoms with van der Waals surface area (Å²) in [6.07, 6.45) is 3.56. The van der Waals surface area contributed by atoms with Crippen molar-refractivity contribution in [3.63, 3.8) is 0 Å². The van der Waals surface area contributed by atoms with Crippen molar-refractivity contribution >= 4 is 5.91 Å². The molecule has 0 aliphatic rings. The molecule has 0 saturated heterocycles. The molecule has 1 aromatic heterocycles. The number of nitrogens with one attached hydrogen (secondary N) is 1. The van der Waals surface area contributed by atoms with Gasteiger partial charge in [-0.15, -0.1) is 0 Å². The maximum atomic E-state index is 12.5. The van der Waals surface area contributed by atoms with Crippen molar-refractivity contribution in [2.24, 2.45) is 0 Å². The number of carbonyl (C=O) groups excluding carboxylic acids is 1. The lowest BCUT2D eigenvalue weighted by atomic mass is 10.1. The van der Waals surface area contributed by atoms with Crippen LogP contribution in [-0.4, -0.2) is 27.4 Å². The summed E-state index contributed by atoms with van der Waals surface area (Å²) in [5.41, 5.74) is 2.31. The molecule has 2 N–H and O–H groups in total. The van der Waals surface area contributed by atoms with Gasteiger partial charge in [-0.3, -0.25) is 9.48 Å². The van der Waals surface area contributed by atoms with Gasteiger partial charge in [0.05, 0.1) is 30.5 Å². The van der Waals surface area contributed by atoms with Gasteiger partial charge in [0.15, 0.2) is 0 Å². The van der Waals surface area contributed by atoms with Crippen molar-refractivity contribution in [2.45, 2.75) is 45.7 Å². The van der Waals surface area contributed by atoms with E-state index in [-0.39, 0.29) is 12.5 Å². The number of aliphatic hydroxyl groups excluding tert-OH is 1. The largest absolute Gasteiger partial charge is 0.394 e. The van der Waals surface area contributed by atoms with E-state index in [2.05, 4.69) is 24.3 Å². The minimum absolute atomic E-state index is 0.143. The number of benzene rings is 1. The van der Waals surface area contributed by atoms with Crippen LogP contribution in [0.15, 0.2) is 36.5 Å². The van der Waals surface area contributed by atoms with Gasteiger partial charge in [-0.1, -0.05) is 44.2 Å². The van der Waals surface area contributed by atoms with Gasteiger partial charge in [-0.05, 0) is 25.3 Å². The van der Waals surface area contributed by atoms with Gasteiger partial charge in [0.1, 0.15) is 0 Å². The number of carbonyl (C=O) groups is 1. The molecule has 0 saturated carbocycles. The lowest BCUT2D eigenvalue weighted by molar-refractivity contribution is 0.0915. The van der Waals surface area contributed by atoms with Crippen LogP contribution in [0.5, 0.6) is 0 Å². The number of hydrogen-bond donors (Lipinski definition) is 2. The Morgan fingerprint density at radius 2 is 1.91 bits per heavy atom. The summed E-state index contributed by atoms with van der Waals surface area (Å²) < 4.78 is 1.92. The highest BCUT2D eigenvalue weighted by molar-refractivity contribution is 5.95. The minimum atomic E-state index is -0.417. The summed E-state index contributed by atoms with van der Waals surface area (Å²) in [6.45, 7) is 6.00. The van der Waals surface area contributed by atoms with Crippen LogP contribution in [0.2, 0.25) is 0 Å². The second-order valence-electron chi connectivity index (χ2n) is 5.68. The molecule has 0 aliphatic heterocycles. The number of aliphatic hydroxyl groups is 1. The van der Waals surface area contributed by atoms with E-state index in [4.69, 9.17) is 0 Å². The number of rotatable bonds is 7. The van der Waals surface area contributed by atoms with E-state index in [1.54, 1.807) is 6.20 Å². The van der Waals surface area contributed by atoms with Crippen LogP contribution in [0.1, 0.15) is 60.4 Å². The molecule has 124 valence electrons. The van der Waals surface area contributed by atoms with Crippen LogP contribution in [0.4, 0.5) is 0 Å². The van der Waals surface area contributed by atoms with Crippen LogP contribution in [0, 0.1) is 6.92 Å². The van der Waals surface area contributed by atoms with Gasteiger partial charge in [-0.25, -0.2) is 0 Å². The SMILES string of the molecule is CCC(CC)n1ncc(C(=O)NC(CO)c2ccccc2)c1C. The lowest BCUT2D eigenvalue weighted by Crippen LogP contribution is -2.31. The molecule has 0 aliphatic carbocycles. The maximum Gasteiger partial charge on any atom is 0.255 e. The predicted molar refractivity (Wildman–Crippen MR) is 90.3 cm³/mol. The fourth-order valence-electron chi connectivity index (χ4n) is 2.80. The Kier molecular flexibility index (Phi) is 5.93. The Morgan fingerprint density at radius 1 is 1.26 bits per heavy atom. The molecule has 1 unspecified atom stereocenters. The maximum absolute atomic E-state index is 12.5. The first-order chi connectivity index (χ1) is 11.1. The topological polar surface area (TPSA) is 67.2 Å². The third-order valence-corrected chi connectivity index (χ3v) is 4.27. The van der Waals surface area contributed by atoms with E-state index >= 15 is 0 Å². The van der Waals surface area contributed by atoms with Crippen molar-refractivity contribution in [3.05, 3.63) is 53.3 Å². The van der Waals surface area contributed by atoms with Crippen molar-refractivity contribution in [2.75, 3.05) is 6.61 Å². The monoisotopic (exact) mass is 315 g/mol. The van der Waals surface area contributed by atoms with Crippen molar-refractivity contribution in [1.82, 2.24) is 15.1 Å². The molecule has 0 spiro atoms. The highest BCUT2D eigenvalue weighted by atomic mass is 16.3. The Balaban J connectivity index is 2.17. The summed E-state index contributed by atoms with van der Waals surface area (Å²) in [5.74, 6) is -0.206. The molecule has 1 aromatic carbocycles. The molecule has 1 atom stereocenters. The second-order valence-corrected chi connectivity index (χ2v) is 5.68. The van der Waals surface area contributed by atoms with Crippen LogP contribution in [0.3, 0.4) is 0 Å². The van der Waals surface area contributed by atoms with Gasteiger partial charge in [0, 0.05) is 5.69 Å². The summed E-state index contributed by atoms with van der Waals surface area (Å²) in [6, 6.07) is 9.35. The highest BCUT2D eigenvalue weighted by Crippen LogP contribution is 2.20. The highest BCUT2D eigenvalue weighted by Gasteiger charge is 2.20. The number of nitrogens with zero attached hydrogens (tertiary/aromatic N) is 2. The molecular weight excluding hydrogens is 290 g/mol. The molecule has 0 radical (unpaired) electrons. The molecule has 23 heavy (non-hydrogen) atoms. The van der Waals surface area contributed by atoms with Gasteiger partial charge in [0.25, 0.3) is 5.91 Å². The van der Waals surface area contributed by atoms with E-state index in [1.165, 1.54) is 0 Å². The van der Waals surface area contributed by atoms with Crippen molar-refractivity contribution < 1.29 is 9.90 Å². The average molecular weight is 315 g/mol. The third kappa shape index (κ3) is 3.79. The fourth-order valence-corrected chi connectivity index (χ4v) is 2.80. The molecule has 2 aromatic rings. The minimum Gasteiger partial charge on any atom is -0.394 e. The van der Waals surface area contributed by atoms with E-state index < -0.39 is 6.04 Å². The van der Waals surface area contributed by atoms with Gasteiger partial charge in [0.2, 0.25) is 0 Å². The van der Waals surface area contributed by atoms with Gasteiger partial charge in [-0.2, -0.15) is 5.10 Å². The number of amides is 1. The fraction of sp³-hybridized carbons (Fsp3) is 0.444. The molecule has 5 heteroatoms. The Labute approximate surface area is 137 Å². The molecule has 2 rings (SSSR count). The van der Waals surface area contributed by atoms with E-state index in [0.29, 0.717) is 11.6 Å². The summed E-state index contributed by atoms with van der Waals surface area (Å²) in [5, 5.41) is 16.8. The molecular formula is C18H25N3O2. The molecule has 5 nitrogen and oxygen atoms in total. The zero-order valence-corrected chi connectivity index (χ0v) is 14.0. The molecule has 0 fully saturated rings. The normalized spacial score (nSPS) is 12.4. The average Bonchev–Trinajstić information content (AvgIpc) is 2.96. The van der Waals surface area contributed by atoms with E-state index in [9.17, 15) is 9.90 Å². The van der Waals surface area contributed by atoms with Crippen LogP contribution >= 0.6 is 0 Å². The number of hydrogen-bond acceptors (Lipinski definition) is 3. The Hall–Kier alpha value is -2.14. The number of aromatic nitrogens is 2. The van der Waals surface area contributed by atoms with Crippen molar-refractivity contribution in [1.29, 1.82) is 0 Å². The van der Waals surface area contributed by atoms with Crippen LogP contribution < -0.4 is 5.32 Å². The van der Waals surface area contributed by atoms with Crippen molar-refractivity contribution in [3.8, 4) is 0 Å². The lowest BCUT2D eigenvalue weighted by Gasteiger charge is -2.18. The van der Waals surface area contributed by atoms with E-state index in [1.807, 2.05) is 41.9 Å². The molecule has 0 bridgehead atoms. The quantitative estimate of drug-likeness (QED) is 0.825. The predicted octanol–water partition coefficient (Wildman–Crippen LogP) is 3.02. The Morgan fingerprint density at radius 3 is 2.48 bits per heavy atom. The summed E-state index contributed by atoms with van der Waals surface area (Å²) in [4.78, 5) is 12.5. The summed E-state index contributed by atoms with van der Waals surface area (Å²) in [7, 11) is 0. The molecule has 1 amide bonds. The Bertz CT molecular complexity index is 633. The first kappa shape index (κ1) is 17.2. The smallest absolute Gasteiger partial charge is 0.255 e. The zero-order chi connectivity index (χ0) is 16.8. The standard InChI is InChI=1S/C18H25N3O2/c1-4-15(5-2)21-13(3)16(11-19-21)18(23)20-17(12-22)14-9-7-6-8-10-14/h6-11,15,17,22H,4-5,12H2,1-3H3,(H,20,23).